The van der Waals surface area contributed by atoms with Crippen LogP contribution in [0.2, 0.25) is 0 Å². The number of hydrogen-bond donors (Lipinski definition) is 0. The Balaban J connectivity index is 1.47. The first-order valence-electron chi connectivity index (χ1n) is 8.84. The maximum absolute atomic E-state index is 12.7. The number of amides is 1. The molecule has 0 atom stereocenters. The van der Waals surface area contributed by atoms with Crippen molar-refractivity contribution >= 4 is 16.9 Å². The van der Waals surface area contributed by atoms with Gasteiger partial charge in [0.1, 0.15) is 11.2 Å². The lowest BCUT2D eigenvalue weighted by Crippen LogP contribution is -2.37. The van der Waals surface area contributed by atoms with Gasteiger partial charge < -0.3 is 4.90 Å². The third-order valence-corrected chi connectivity index (χ3v) is 5.07. The maximum Gasteiger partial charge on any atom is 0.264 e. The molecule has 4 rings (SSSR count). The summed E-state index contributed by atoms with van der Waals surface area (Å²) in [5, 5.41) is 4.60. The monoisotopic (exact) mass is 366 g/mol. The van der Waals surface area contributed by atoms with Gasteiger partial charge in [0.2, 0.25) is 5.91 Å². The van der Waals surface area contributed by atoms with E-state index in [0.717, 1.165) is 0 Å². The molecule has 1 aromatic carbocycles. The van der Waals surface area contributed by atoms with E-state index >= 15 is 0 Å². The van der Waals surface area contributed by atoms with Gasteiger partial charge in [-0.3, -0.25) is 23.7 Å². The Morgan fingerprint density at radius 2 is 1.85 bits per heavy atom. The van der Waals surface area contributed by atoms with E-state index in [9.17, 15) is 9.59 Å². The Kier molecular flexibility index (Phi) is 4.27. The molecule has 3 heterocycles. The van der Waals surface area contributed by atoms with Crippen LogP contribution >= 0.6 is 0 Å². The van der Waals surface area contributed by atoms with E-state index in [0.29, 0.717) is 36.5 Å². The van der Waals surface area contributed by atoms with Crippen LogP contribution in [0.25, 0.3) is 11.0 Å². The van der Waals surface area contributed by atoms with Gasteiger partial charge in [0.15, 0.2) is 5.65 Å². The highest BCUT2D eigenvalue weighted by atomic mass is 16.2. The summed E-state index contributed by atoms with van der Waals surface area (Å²) in [6.07, 6.45) is 1.53. The third kappa shape index (κ3) is 3.12. The third-order valence-electron chi connectivity index (χ3n) is 5.07. The molecule has 0 N–H and O–H groups in total. The Labute approximate surface area is 156 Å². The molecule has 2 aromatic heterocycles. The average Bonchev–Trinajstić information content (AvgIpc) is 3.23. The van der Waals surface area contributed by atoms with Gasteiger partial charge in [-0.25, -0.2) is 4.98 Å². The first-order chi connectivity index (χ1) is 12.9. The van der Waals surface area contributed by atoms with Crippen molar-refractivity contribution in [3.05, 3.63) is 57.8 Å². The van der Waals surface area contributed by atoms with Gasteiger partial charge in [-0.15, -0.1) is 0 Å². The lowest BCUT2D eigenvalue weighted by molar-refractivity contribution is -0.132. The van der Waals surface area contributed by atoms with Gasteiger partial charge in [-0.1, -0.05) is 24.3 Å². The Morgan fingerprint density at radius 1 is 1.19 bits per heavy atom. The molecule has 0 aliphatic carbocycles. The SMILES string of the molecule is CN(CC(=O)N1Cc2ccccc2C1)Cc1nc2c(cnn2C)c(=O)n1C. The molecule has 0 bridgehead atoms. The van der Waals surface area contributed by atoms with E-state index in [-0.39, 0.29) is 18.0 Å². The number of benzene rings is 1. The van der Waals surface area contributed by atoms with Crippen LogP contribution in [0.15, 0.2) is 35.3 Å². The molecule has 8 heteroatoms. The van der Waals surface area contributed by atoms with Gasteiger partial charge in [0.05, 0.1) is 19.3 Å². The molecule has 1 amide bonds. The van der Waals surface area contributed by atoms with Crippen LogP contribution in [0.3, 0.4) is 0 Å². The summed E-state index contributed by atoms with van der Waals surface area (Å²) in [6, 6.07) is 8.13. The molecule has 3 aromatic rings. The second kappa shape index (κ2) is 6.62. The normalized spacial score (nSPS) is 13.6. The molecule has 0 fully saturated rings. The minimum absolute atomic E-state index is 0.0697. The molecule has 27 heavy (non-hydrogen) atoms. The van der Waals surface area contributed by atoms with Crippen molar-refractivity contribution in [2.24, 2.45) is 14.1 Å². The van der Waals surface area contributed by atoms with E-state index in [4.69, 9.17) is 0 Å². The van der Waals surface area contributed by atoms with Crippen LogP contribution in [0, 0.1) is 0 Å². The molecule has 0 saturated heterocycles. The van der Waals surface area contributed by atoms with Gasteiger partial charge in [0, 0.05) is 27.2 Å². The van der Waals surface area contributed by atoms with Crippen molar-refractivity contribution in [2.75, 3.05) is 13.6 Å². The quantitative estimate of drug-likeness (QED) is 0.677. The highest BCUT2D eigenvalue weighted by molar-refractivity contribution is 5.79. The first kappa shape index (κ1) is 17.4. The Morgan fingerprint density at radius 3 is 2.52 bits per heavy atom. The maximum atomic E-state index is 12.7. The average molecular weight is 366 g/mol. The lowest BCUT2D eigenvalue weighted by atomic mass is 10.1. The number of hydrogen-bond acceptors (Lipinski definition) is 5. The zero-order valence-electron chi connectivity index (χ0n) is 15.7. The van der Waals surface area contributed by atoms with Crippen LogP contribution in [-0.2, 0) is 38.5 Å². The number of likely N-dealkylation sites (N-methyl/N-ethyl adjacent to an activating group) is 1. The van der Waals surface area contributed by atoms with Crippen LogP contribution in [0.4, 0.5) is 0 Å². The minimum atomic E-state index is -0.127. The summed E-state index contributed by atoms with van der Waals surface area (Å²) in [5.41, 5.74) is 2.85. The molecular formula is C19H22N6O2. The summed E-state index contributed by atoms with van der Waals surface area (Å²) in [7, 11) is 5.32. The Hall–Kier alpha value is -3.00. The molecule has 1 aliphatic heterocycles. The second-order valence-electron chi connectivity index (χ2n) is 7.09. The smallest absolute Gasteiger partial charge is 0.264 e. The van der Waals surface area contributed by atoms with E-state index in [1.807, 2.05) is 29.0 Å². The summed E-state index contributed by atoms with van der Waals surface area (Å²) in [4.78, 5) is 33.5. The molecular weight excluding hydrogens is 344 g/mol. The number of rotatable bonds is 4. The predicted molar refractivity (Wildman–Crippen MR) is 101 cm³/mol. The topological polar surface area (TPSA) is 76.3 Å². The number of fused-ring (bicyclic) bond motifs is 2. The van der Waals surface area contributed by atoms with E-state index in [1.165, 1.54) is 21.9 Å². The van der Waals surface area contributed by atoms with Gasteiger partial charge in [-0.2, -0.15) is 5.10 Å². The lowest BCUT2D eigenvalue weighted by Gasteiger charge is -2.21. The number of carbonyl (C=O) groups excluding carboxylic acids is 1. The summed E-state index contributed by atoms with van der Waals surface area (Å²) in [6.45, 7) is 1.98. The van der Waals surface area contributed by atoms with Gasteiger partial charge in [-0.05, 0) is 18.2 Å². The summed E-state index contributed by atoms with van der Waals surface area (Å²) < 4.78 is 3.11. The summed E-state index contributed by atoms with van der Waals surface area (Å²) >= 11 is 0. The fourth-order valence-corrected chi connectivity index (χ4v) is 3.49. The highest BCUT2D eigenvalue weighted by Gasteiger charge is 2.24. The van der Waals surface area contributed by atoms with Crippen molar-refractivity contribution in [3.63, 3.8) is 0 Å². The van der Waals surface area contributed by atoms with Crippen molar-refractivity contribution in [2.45, 2.75) is 19.6 Å². The molecule has 8 nitrogen and oxygen atoms in total. The fraction of sp³-hybridized carbons (Fsp3) is 0.368. The zero-order valence-corrected chi connectivity index (χ0v) is 15.7. The Bertz CT molecular complexity index is 1060. The predicted octanol–water partition coefficient (Wildman–Crippen LogP) is 0.641. The van der Waals surface area contributed by atoms with Crippen LogP contribution in [0.1, 0.15) is 17.0 Å². The molecule has 1 aliphatic rings. The zero-order chi connectivity index (χ0) is 19.1. The van der Waals surface area contributed by atoms with Crippen molar-refractivity contribution in [1.29, 1.82) is 0 Å². The van der Waals surface area contributed by atoms with Crippen LogP contribution in [-0.4, -0.2) is 48.6 Å². The number of carbonyl (C=O) groups is 1. The standard InChI is InChI=1S/C19H22N6O2/c1-22(12-17(26)25-9-13-6-4-5-7-14(13)10-25)11-16-21-18-15(8-20-24(18)3)19(27)23(16)2/h4-8H,9-12H2,1-3H3. The second-order valence-corrected chi connectivity index (χ2v) is 7.09. The molecule has 0 unspecified atom stereocenters. The number of nitrogens with zero attached hydrogens (tertiary/aromatic N) is 6. The van der Waals surface area contributed by atoms with E-state index < -0.39 is 0 Å². The molecule has 140 valence electrons. The summed E-state index contributed by atoms with van der Waals surface area (Å²) in [5.74, 6) is 0.677. The van der Waals surface area contributed by atoms with Crippen molar-refractivity contribution in [3.8, 4) is 0 Å². The molecule has 0 saturated carbocycles. The first-order valence-corrected chi connectivity index (χ1v) is 8.84. The van der Waals surface area contributed by atoms with Crippen LogP contribution < -0.4 is 5.56 Å². The van der Waals surface area contributed by atoms with Gasteiger partial charge >= 0.3 is 0 Å². The molecule has 0 spiro atoms. The highest BCUT2D eigenvalue weighted by Crippen LogP contribution is 2.22. The largest absolute Gasteiger partial charge is 0.333 e. The van der Waals surface area contributed by atoms with Crippen molar-refractivity contribution < 1.29 is 4.79 Å². The van der Waals surface area contributed by atoms with E-state index in [1.54, 1.807) is 18.8 Å². The minimum Gasteiger partial charge on any atom is -0.333 e. The van der Waals surface area contributed by atoms with Crippen molar-refractivity contribution in [1.82, 2.24) is 29.1 Å². The number of aromatic nitrogens is 4. The fourth-order valence-electron chi connectivity index (χ4n) is 3.49. The van der Waals surface area contributed by atoms with E-state index in [2.05, 4.69) is 22.2 Å². The molecule has 0 radical (unpaired) electrons. The van der Waals surface area contributed by atoms with Gasteiger partial charge in [0.25, 0.3) is 5.56 Å². The number of aryl methyl sites for hydroxylation is 1. The van der Waals surface area contributed by atoms with Crippen LogP contribution in [0.5, 0.6) is 0 Å².